The van der Waals surface area contributed by atoms with Gasteiger partial charge < -0.3 is 25.2 Å². The Hall–Kier alpha value is -1.22. The van der Waals surface area contributed by atoms with Crippen molar-refractivity contribution in [1.82, 2.24) is 10.6 Å². The minimum atomic E-state index is 0. The number of methoxy groups -OCH3 is 1. The molecule has 1 aliphatic carbocycles. The van der Waals surface area contributed by atoms with Crippen molar-refractivity contribution in [3.63, 3.8) is 0 Å². The van der Waals surface area contributed by atoms with Crippen molar-refractivity contribution in [3.05, 3.63) is 23.8 Å². The molecule has 3 N–H and O–H groups in total. The molecule has 6 nitrogen and oxygen atoms in total. The highest BCUT2D eigenvalue weighted by Gasteiger charge is 2.20. The number of halogens is 1. The highest BCUT2D eigenvalue weighted by molar-refractivity contribution is 14.0. The van der Waals surface area contributed by atoms with Crippen molar-refractivity contribution in [2.24, 2.45) is 10.9 Å². The average molecular weight is 463 g/mol. The maximum atomic E-state index is 9.81. The maximum Gasteiger partial charge on any atom is 0.191 e. The second-order valence-electron chi connectivity index (χ2n) is 6.00. The van der Waals surface area contributed by atoms with Crippen LogP contribution in [0.4, 0.5) is 0 Å². The molecule has 1 aromatic rings. The largest absolute Gasteiger partial charge is 0.504 e. The number of phenolic OH excluding ortho intramolecular Hbond substituents is 1. The Morgan fingerprint density at radius 1 is 1.32 bits per heavy atom. The number of nitrogens with zero attached hydrogens (tertiary/aromatic N) is 1. The average Bonchev–Trinajstić information content (AvgIpc) is 3.40. The SMILES string of the molecule is CCNC(=NCc1ccc(OC)c(O)c1)NCCCOCC1CC1.I. The molecule has 1 aliphatic rings. The van der Waals surface area contributed by atoms with E-state index in [9.17, 15) is 5.11 Å². The van der Waals surface area contributed by atoms with Gasteiger partial charge in [-0.15, -0.1) is 24.0 Å². The third-order valence-electron chi connectivity index (χ3n) is 3.82. The number of rotatable bonds is 10. The lowest BCUT2D eigenvalue weighted by atomic mass is 10.2. The van der Waals surface area contributed by atoms with Gasteiger partial charge in [0.25, 0.3) is 0 Å². The number of phenols is 1. The summed E-state index contributed by atoms with van der Waals surface area (Å²) in [5.74, 6) is 2.20. The summed E-state index contributed by atoms with van der Waals surface area (Å²) in [6.07, 6.45) is 3.62. The Kier molecular flexibility index (Phi) is 10.6. The minimum Gasteiger partial charge on any atom is -0.504 e. The predicted octanol–water partition coefficient (Wildman–Crippen LogP) is 2.89. The van der Waals surface area contributed by atoms with Gasteiger partial charge >= 0.3 is 0 Å². The molecule has 7 heteroatoms. The van der Waals surface area contributed by atoms with Gasteiger partial charge in [-0.3, -0.25) is 0 Å². The Morgan fingerprint density at radius 3 is 2.76 bits per heavy atom. The molecule has 0 bridgehead atoms. The lowest BCUT2D eigenvalue weighted by molar-refractivity contribution is 0.123. The van der Waals surface area contributed by atoms with E-state index in [4.69, 9.17) is 9.47 Å². The van der Waals surface area contributed by atoms with Crippen LogP contribution in [0.1, 0.15) is 31.7 Å². The van der Waals surface area contributed by atoms with Crippen molar-refractivity contribution in [1.29, 1.82) is 0 Å². The summed E-state index contributed by atoms with van der Waals surface area (Å²) in [6, 6.07) is 5.33. The molecule has 25 heavy (non-hydrogen) atoms. The zero-order chi connectivity index (χ0) is 17.2. The Balaban J connectivity index is 0.00000312. The Bertz CT molecular complexity index is 536. The molecule has 0 radical (unpaired) electrons. The summed E-state index contributed by atoms with van der Waals surface area (Å²) in [5, 5.41) is 16.3. The molecule has 0 heterocycles. The molecule has 1 saturated carbocycles. The first-order chi connectivity index (χ1) is 11.7. The van der Waals surface area contributed by atoms with Crippen LogP contribution >= 0.6 is 24.0 Å². The fourth-order valence-corrected chi connectivity index (χ4v) is 2.26. The summed E-state index contributed by atoms with van der Waals surface area (Å²) in [5.41, 5.74) is 0.929. The number of benzene rings is 1. The molecule has 0 aromatic heterocycles. The van der Waals surface area contributed by atoms with Gasteiger partial charge in [0.05, 0.1) is 13.7 Å². The lowest BCUT2D eigenvalue weighted by Gasteiger charge is -2.11. The highest BCUT2D eigenvalue weighted by Crippen LogP contribution is 2.28. The summed E-state index contributed by atoms with van der Waals surface area (Å²) in [6.45, 7) is 5.85. The molecular formula is C18H30IN3O3. The van der Waals surface area contributed by atoms with E-state index in [1.807, 2.05) is 13.0 Å². The van der Waals surface area contributed by atoms with Crippen LogP contribution in [0.2, 0.25) is 0 Å². The minimum absolute atomic E-state index is 0. The van der Waals surface area contributed by atoms with Crippen LogP contribution in [0.15, 0.2) is 23.2 Å². The first-order valence-electron chi connectivity index (χ1n) is 8.68. The lowest BCUT2D eigenvalue weighted by Crippen LogP contribution is -2.38. The number of ether oxygens (including phenoxy) is 2. The van der Waals surface area contributed by atoms with Gasteiger partial charge in [0, 0.05) is 26.3 Å². The second kappa shape index (κ2) is 12.2. The van der Waals surface area contributed by atoms with E-state index in [1.165, 1.54) is 20.0 Å². The van der Waals surface area contributed by atoms with Crippen LogP contribution in [0.25, 0.3) is 0 Å². The van der Waals surface area contributed by atoms with Crippen molar-refractivity contribution < 1.29 is 14.6 Å². The second-order valence-corrected chi connectivity index (χ2v) is 6.00. The molecule has 0 saturated heterocycles. The summed E-state index contributed by atoms with van der Waals surface area (Å²) < 4.78 is 10.7. The quantitative estimate of drug-likeness (QED) is 0.215. The highest BCUT2D eigenvalue weighted by atomic mass is 127. The van der Waals surface area contributed by atoms with E-state index < -0.39 is 0 Å². The molecule has 0 atom stereocenters. The van der Waals surface area contributed by atoms with Crippen molar-refractivity contribution in [2.75, 3.05) is 33.4 Å². The number of hydrogen-bond acceptors (Lipinski definition) is 4. The maximum absolute atomic E-state index is 9.81. The normalized spacial score (nSPS) is 13.9. The van der Waals surface area contributed by atoms with Crippen LogP contribution in [0, 0.1) is 5.92 Å². The standard InChI is InChI=1S/C18H29N3O3.HI/c1-3-19-18(20-9-4-10-24-13-14-5-6-14)21-12-15-7-8-17(23-2)16(22)11-15;/h7-8,11,14,22H,3-6,9-10,12-13H2,1-2H3,(H2,19,20,21);1H. The van der Waals surface area contributed by atoms with Crippen LogP contribution in [0.5, 0.6) is 11.5 Å². The molecule has 1 aromatic carbocycles. The molecule has 0 amide bonds. The number of nitrogens with one attached hydrogen (secondary N) is 2. The predicted molar refractivity (Wildman–Crippen MR) is 111 cm³/mol. The summed E-state index contributed by atoms with van der Waals surface area (Å²) in [4.78, 5) is 4.54. The number of hydrogen-bond donors (Lipinski definition) is 3. The van der Waals surface area contributed by atoms with Gasteiger partial charge in [-0.1, -0.05) is 6.07 Å². The molecule has 0 aliphatic heterocycles. The van der Waals surface area contributed by atoms with Crippen molar-refractivity contribution >= 4 is 29.9 Å². The van der Waals surface area contributed by atoms with Crippen LogP contribution in [-0.2, 0) is 11.3 Å². The van der Waals surface area contributed by atoms with Crippen molar-refractivity contribution in [2.45, 2.75) is 32.7 Å². The number of aromatic hydroxyl groups is 1. The van der Waals surface area contributed by atoms with Gasteiger partial charge in [-0.2, -0.15) is 0 Å². The number of aliphatic imine (C=N–C) groups is 1. The van der Waals surface area contributed by atoms with Gasteiger partial charge in [0.1, 0.15) is 0 Å². The van der Waals surface area contributed by atoms with Gasteiger partial charge in [0.15, 0.2) is 17.5 Å². The number of guanidine groups is 1. The van der Waals surface area contributed by atoms with Crippen molar-refractivity contribution in [3.8, 4) is 11.5 Å². The molecule has 0 spiro atoms. The topological polar surface area (TPSA) is 75.1 Å². The van der Waals surface area contributed by atoms with E-state index in [1.54, 1.807) is 12.1 Å². The fraction of sp³-hybridized carbons (Fsp3) is 0.611. The molecule has 2 rings (SSSR count). The van der Waals surface area contributed by atoms with Crippen LogP contribution < -0.4 is 15.4 Å². The summed E-state index contributed by atoms with van der Waals surface area (Å²) >= 11 is 0. The van der Waals surface area contributed by atoms with E-state index in [2.05, 4.69) is 15.6 Å². The molecule has 142 valence electrons. The molecule has 1 fully saturated rings. The monoisotopic (exact) mass is 463 g/mol. The van der Waals surface area contributed by atoms with Crippen LogP contribution in [0.3, 0.4) is 0 Å². The first-order valence-corrected chi connectivity index (χ1v) is 8.68. The zero-order valence-electron chi connectivity index (χ0n) is 15.1. The molecule has 0 unspecified atom stereocenters. The smallest absolute Gasteiger partial charge is 0.191 e. The van der Waals surface area contributed by atoms with E-state index in [0.29, 0.717) is 12.3 Å². The summed E-state index contributed by atoms with van der Waals surface area (Å²) in [7, 11) is 1.54. The van der Waals surface area contributed by atoms with Gasteiger partial charge in [-0.05, 0) is 49.8 Å². The van der Waals surface area contributed by atoms with Gasteiger partial charge in [-0.25, -0.2) is 4.99 Å². The Morgan fingerprint density at radius 2 is 2.12 bits per heavy atom. The third kappa shape index (κ3) is 8.62. The molecular weight excluding hydrogens is 433 g/mol. The van der Waals surface area contributed by atoms with Gasteiger partial charge in [0.2, 0.25) is 0 Å². The van der Waals surface area contributed by atoms with E-state index in [0.717, 1.165) is 50.2 Å². The fourth-order valence-electron chi connectivity index (χ4n) is 2.26. The zero-order valence-corrected chi connectivity index (χ0v) is 17.4. The van der Waals surface area contributed by atoms with Crippen LogP contribution in [-0.4, -0.2) is 44.5 Å². The Labute approximate surface area is 167 Å². The first kappa shape index (κ1) is 21.8. The van der Waals surface area contributed by atoms with E-state index in [-0.39, 0.29) is 29.7 Å². The third-order valence-corrected chi connectivity index (χ3v) is 3.82. The van der Waals surface area contributed by atoms with E-state index >= 15 is 0 Å².